The first-order valence-corrected chi connectivity index (χ1v) is 4.69. The second-order valence-corrected chi connectivity index (χ2v) is 4.17. The lowest BCUT2D eigenvalue weighted by atomic mass is 10.2. The number of hydroxylamine groups is 1. The molecule has 0 aliphatic heterocycles. The smallest absolute Gasteiger partial charge is 0.431 e. The zero-order valence-electron chi connectivity index (χ0n) is 10.1. The van der Waals surface area contributed by atoms with E-state index in [-0.39, 0.29) is 0 Å². The molecule has 0 bridgehead atoms. The van der Waals surface area contributed by atoms with Gasteiger partial charge in [-0.1, -0.05) is 0 Å². The van der Waals surface area contributed by atoms with E-state index < -0.39 is 30.1 Å². The van der Waals surface area contributed by atoms with Gasteiger partial charge in [0.2, 0.25) is 0 Å². The number of carbonyl (C=O) groups excluding carboxylic acids is 1. The molecule has 0 saturated heterocycles. The summed E-state index contributed by atoms with van der Waals surface area (Å²) in [4.78, 5) is 25.7. The lowest BCUT2D eigenvalue weighted by Gasteiger charge is -2.22. The van der Waals surface area contributed by atoms with Crippen LogP contribution >= 0.6 is 0 Å². The Labute approximate surface area is 97.8 Å². The predicted octanol–water partition coefficient (Wildman–Crippen LogP) is 0.840. The minimum atomic E-state index is -3.16. The number of halogens is 1. The van der Waals surface area contributed by atoms with Crippen molar-refractivity contribution < 1.29 is 33.4 Å². The lowest BCUT2D eigenvalue weighted by Crippen LogP contribution is -2.47. The SMILES string of the molecule is COC[C@@](F)(ONC(=O)OC(C)(C)C)C(=O)O. The highest BCUT2D eigenvalue weighted by Crippen LogP contribution is 2.13. The summed E-state index contributed by atoms with van der Waals surface area (Å²) in [5.41, 5.74) is 0.740. The summed E-state index contributed by atoms with van der Waals surface area (Å²) in [5.74, 6) is -5.08. The standard InChI is InChI=1S/C9H16FNO6/c1-8(2,3)16-7(14)11-17-9(10,5-15-4)6(12)13/h5H2,1-4H3,(H,11,14)(H,12,13)/t9-/m1/s1. The van der Waals surface area contributed by atoms with Gasteiger partial charge in [0.25, 0.3) is 0 Å². The number of ether oxygens (including phenoxy) is 2. The molecule has 0 unspecified atom stereocenters. The van der Waals surface area contributed by atoms with Crippen LogP contribution in [0.2, 0.25) is 0 Å². The van der Waals surface area contributed by atoms with Crippen molar-refractivity contribution in [1.82, 2.24) is 5.48 Å². The highest BCUT2D eigenvalue weighted by molar-refractivity contribution is 5.76. The van der Waals surface area contributed by atoms with E-state index in [0.29, 0.717) is 0 Å². The number of alkyl halides is 1. The molecule has 1 atom stereocenters. The Bertz CT molecular complexity index is 290. The Morgan fingerprint density at radius 1 is 1.35 bits per heavy atom. The minimum Gasteiger partial charge on any atom is -0.477 e. The Morgan fingerprint density at radius 3 is 2.24 bits per heavy atom. The molecule has 0 aliphatic rings. The molecule has 8 heteroatoms. The van der Waals surface area contributed by atoms with Gasteiger partial charge in [-0.25, -0.2) is 14.4 Å². The monoisotopic (exact) mass is 253 g/mol. The third kappa shape index (κ3) is 6.03. The summed E-state index contributed by atoms with van der Waals surface area (Å²) < 4.78 is 22.5. The fourth-order valence-electron chi connectivity index (χ4n) is 0.742. The molecule has 0 spiro atoms. The fraction of sp³-hybridized carbons (Fsp3) is 0.778. The van der Waals surface area contributed by atoms with Crippen LogP contribution in [0.15, 0.2) is 0 Å². The van der Waals surface area contributed by atoms with Crippen molar-refractivity contribution in [3.8, 4) is 0 Å². The number of carboxylic acids is 1. The molecule has 0 radical (unpaired) electrons. The maximum absolute atomic E-state index is 13.5. The number of rotatable bonds is 5. The van der Waals surface area contributed by atoms with Gasteiger partial charge in [0, 0.05) is 7.11 Å². The molecule has 0 saturated carbocycles. The van der Waals surface area contributed by atoms with E-state index in [2.05, 4.69) is 9.57 Å². The third-order valence-corrected chi connectivity index (χ3v) is 1.34. The Hall–Kier alpha value is -1.41. The van der Waals surface area contributed by atoms with Gasteiger partial charge in [0.05, 0.1) is 0 Å². The van der Waals surface area contributed by atoms with Crippen molar-refractivity contribution in [2.75, 3.05) is 13.7 Å². The van der Waals surface area contributed by atoms with Gasteiger partial charge in [-0.05, 0) is 20.8 Å². The second kappa shape index (κ2) is 5.78. The summed E-state index contributed by atoms with van der Waals surface area (Å²) >= 11 is 0. The molecule has 0 aromatic rings. The molecule has 2 N–H and O–H groups in total. The van der Waals surface area contributed by atoms with Gasteiger partial charge in [-0.3, -0.25) is 0 Å². The van der Waals surface area contributed by atoms with Gasteiger partial charge >= 0.3 is 17.9 Å². The summed E-state index contributed by atoms with van der Waals surface area (Å²) in [5, 5.41) is 8.54. The number of carboxylic acid groups (broad SMARTS) is 1. The minimum absolute atomic E-state index is 0.809. The van der Waals surface area contributed by atoms with Gasteiger partial charge in [-0.2, -0.15) is 9.87 Å². The van der Waals surface area contributed by atoms with E-state index in [1.807, 2.05) is 0 Å². The maximum Gasteiger partial charge on any atom is 0.431 e. The maximum atomic E-state index is 13.5. The summed E-state index contributed by atoms with van der Waals surface area (Å²) in [6, 6.07) is 0. The number of nitrogens with one attached hydrogen (secondary N) is 1. The van der Waals surface area contributed by atoms with Gasteiger partial charge in [0.15, 0.2) is 0 Å². The normalized spacial score (nSPS) is 14.9. The van der Waals surface area contributed by atoms with Crippen molar-refractivity contribution in [1.29, 1.82) is 0 Å². The molecule has 100 valence electrons. The van der Waals surface area contributed by atoms with Gasteiger partial charge in [0.1, 0.15) is 12.2 Å². The van der Waals surface area contributed by atoms with Crippen molar-refractivity contribution in [2.24, 2.45) is 0 Å². The molecule has 17 heavy (non-hydrogen) atoms. The van der Waals surface area contributed by atoms with Crippen molar-refractivity contribution in [3.05, 3.63) is 0 Å². The average Bonchev–Trinajstić information content (AvgIpc) is 2.12. The first-order valence-electron chi connectivity index (χ1n) is 4.69. The number of carbonyl (C=O) groups is 2. The Morgan fingerprint density at radius 2 is 1.88 bits per heavy atom. The first-order chi connectivity index (χ1) is 7.60. The number of amides is 1. The predicted molar refractivity (Wildman–Crippen MR) is 53.8 cm³/mol. The summed E-state index contributed by atoms with van der Waals surface area (Å²) in [6.45, 7) is 3.88. The molecular formula is C9H16FNO6. The van der Waals surface area contributed by atoms with E-state index in [1.54, 1.807) is 26.3 Å². The van der Waals surface area contributed by atoms with Crippen molar-refractivity contribution in [3.63, 3.8) is 0 Å². The van der Waals surface area contributed by atoms with Crippen LogP contribution in [0.25, 0.3) is 0 Å². The van der Waals surface area contributed by atoms with Crippen LogP contribution in [-0.2, 0) is 19.1 Å². The molecular weight excluding hydrogens is 237 g/mol. The van der Waals surface area contributed by atoms with Crippen molar-refractivity contribution in [2.45, 2.75) is 32.2 Å². The first kappa shape index (κ1) is 15.6. The second-order valence-electron chi connectivity index (χ2n) is 4.17. The molecule has 0 heterocycles. The molecule has 0 rings (SSSR count). The Balaban J connectivity index is 4.33. The number of hydrogen-bond donors (Lipinski definition) is 2. The van der Waals surface area contributed by atoms with Gasteiger partial charge < -0.3 is 14.6 Å². The van der Waals surface area contributed by atoms with Crippen LogP contribution in [0.4, 0.5) is 9.18 Å². The average molecular weight is 253 g/mol. The summed E-state index contributed by atoms with van der Waals surface area (Å²) in [6.07, 6.45) is -1.10. The molecule has 7 nitrogen and oxygen atoms in total. The molecule has 1 amide bonds. The molecule has 0 aromatic heterocycles. The van der Waals surface area contributed by atoms with E-state index in [0.717, 1.165) is 7.11 Å². The molecule has 0 fully saturated rings. The highest BCUT2D eigenvalue weighted by atomic mass is 19.2. The van der Waals surface area contributed by atoms with E-state index in [1.165, 1.54) is 0 Å². The zero-order valence-corrected chi connectivity index (χ0v) is 10.1. The Kier molecular flexibility index (Phi) is 5.30. The van der Waals surface area contributed by atoms with Crippen LogP contribution in [-0.4, -0.2) is 42.3 Å². The van der Waals surface area contributed by atoms with E-state index in [4.69, 9.17) is 9.84 Å². The number of aliphatic carboxylic acids is 1. The van der Waals surface area contributed by atoms with Crippen LogP contribution in [0.3, 0.4) is 0 Å². The van der Waals surface area contributed by atoms with Crippen LogP contribution < -0.4 is 5.48 Å². The molecule has 0 aliphatic carbocycles. The van der Waals surface area contributed by atoms with Crippen LogP contribution in [0, 0.1) is 0 Å². The summed E-state index contributed by atoms with van der Waals surface area (Å²) in [7, 11) is 1.09. The molecule has 0 aromatic carbocycles. The van der Waals surface area contributed by atoms with Crippen LogP contribution in [0.1, 0.15) is 20.8 Å². The lowest BCUT2D eigenvalue weighted by molar-refractivity contribution is -0.224. The number of methoxy groups -OCH3 is 1. The van der Waals surface area contributed by atoms with E-state index in [9.17, 15) is 14.0 Å². The van der Waals surface area contributed by atoms with Crippen molar-refractivity contribution >= 4 is 12.1 Å². The third-order valence-electron chi connectivity index (χ3n) is 1.34. The van der Waals surface area contributed by atoms with E-state index >= 15 is 0 Å². The zero-order chi connectivity index (χ0) is 13.7. The quantitative estimate of drug-likeness (QED) is 0.705. The highest BCUT2D eigenvalue weighted by Gasteiger charge is 2.42. The van der Waals surface area contributed by atoms with Gasteiger partial charge in [-0.15, -0.1) is 0 Å². The topological polar surface area (TPSA) is 94.1 Å². The van der Waals surface area contributed by atoms with Crippen LogP contribution in [0.5, 0.6) is 0 Å². The fourth-order valence-corrected chi connectivity index (χ4v) is 0.742. The largest absolute Gasteiger partial charge is 0.477 e. The number of hydrogen-bond acceptors (Lipinski definition) is 5.